The maximum Gasteiger partial charge on any atom is 0.244 e. The topological polar surface area (TPSA) is 96.0 Å². The molecule has 0 saturated carbocycles. The number of halogens is 2. The van der Waals surface area contributed by atoms with Gasteiger partial charge in [-0.25, -0.2) is 12.8 Å². The number of nitrogens with zero attached hydrogens (tertiary/aromatic N) is 2. The smallest absolute Gasteiger partial charge is 0.244 e. The van der Waals surface area contributed by atoms with Gasteiger partial charge >= 0.3 is 0 Å². The highest BCUT2D eigenvalue weighted by molar-refractivity contribution is 7.92. The minimum Gasteiger partial charge on any atom is -0.495 e. The molecule has 8 nitrogen and oxygen atoms in total. The van der Waals surface area contributed by atoms with Gasteiger partial charge in [0, 0.05) is 29.6 Å². The first-order chi connectivity index (χ1) is 18.9. The Balaban J connectivity index is 2.11. The van der Waals surface area contributed by atoms with Crippen LogP contribution in [0.1, 0.15) is 25.0 Å². The zero-order valence-electron chi connectivity index (χ0n) is 22.8. The lowest BCUT2D eigenvalue weighted by Gasteiger charge is -2.34. The third-order valence-electron chi connectivity index (χ3n) is 6.09. The summed E-state index contributed by atoms with van der Waals surface area (Å²) in [5, 5.41) is 3.08. The zero-order chi connectivity index (χ0) is 29.4. The van der Waals surface area contributed by atoms with Crippen molar-refractivity contribution in [3.05, 3.63) is 94.8 Å². The van der Waals surface area contributed by atoms with Crippen molar-refractivity contribution in [1.29, 1.82) is 0 Å². The molecule has 0 bridgehead atoms. The van der Waals surface area contributed by atoms with Gasteiger partial charge in [0.1, 0.15) is 24.2 Å². The summed E-state index contributed by atoms with van der Waals surface area (Å²) in [4.78, 5) is 28.8. The molecule has 1 atom stereocenters. The second-order valence-electron chi connectivity index (χ2n) is 9.57. The van der Waals surface area contributed by atoms with Gasteiger partial charge in [-0.05, 0) is 43.7 Å². The van der Waals surface area contributed by atoms with Gasteiger partial charge in [-0.1, -0.05) is 60.1 Å². The van der Waals surface area contributed by atoms with E-state index >= 15 is 0 Å². The average molecular weight is 590 g/mol. The Morgan fingerprint density at radius 1 is 1.02 bits per heavy atom. The number of sulfonamides is 1. The van der Waals surface area contributed by atoms with Crippen LogP contribution in [0, 0.1) is 5.82 Å². The van der Waals surface area contributed by atoms with E-state index in [0.717, 1.165) is 16.1 Å². The van der Waals surface area contributed by atoms with Crippen LogP contribution in [-0.2, 0) is 32.6 Å². The molecule has 0 aliphatic rings. The van der Waals surface area contributed by atoms with Crippen LogP contribution in [0.2, 0.25) is 5.02 Å². The number of carbonyl (C=O) groups is 2. The van der Waals surface area contributed by atoms with E-state index in [1.165, 1.54) is 48.4 Å². The van der Waals surface area contributed by atoms with Gasteiger partial charge in [0.05, 0.1) is 19.1 Å². The largest absolute Gasteiger partial charge is 0.495 e. The first-order valence-electron chi connectivity index (χ1n) is 12.6. The molecule has 0 heterocycles. The van der Waals surface area contributed by atoms with E-state index < -0.39 is 40.2 Å². The lowest BCUT2D eigenvalue weighted by atomic mass is 10.0. The zero-order valence-corrected chi connectivity index (χ0v) is 24.4. The van der Waals surface area contributed by atoms with E-state index in [9.17, 15) is 22.4 Å². The summed E-state index contributed by atoms with van der Waals surface area (Å²) in [6.45, 7) is 2.64. The number of anilines is 1. The average Bonchev–Trinajstić information content (AvgIpc) is 2.89. The van der Waals surface area contributed by atoms with Gasteiger partial charge in [0.25, 0.3) is 0 Å². The molecule has 214 valence electrons. The van der Waals surface area contributed by atoms with Gasteiger partial charge in [-0.3, -0.25) is 13.9 Å². The summed E-state index contributed by atoms with van der Waals surface area (Å²) < 4.78 is 46.9. The Morgan fingerprint density at radius 3 is 2.27 bits per heavy atom. The predicted octanol–water partition coefficient (Wildman–Crippen LogP) is 4.42. The number of methoxy groups -OCH3 is 1. The fraction of sp³-hybridized carbons (Fsp3) is 0.310. The van der Waals surface area contributed by atoms with Gasteiger partial charge in [-0.15, -0.1) is 0 Å². The minimum absolute atomic E-state index is 0.0583. The summed E-state index contributed by atoms with van der Waals surface area (Å²) in [5.41, 5.74) is 1.01. The molecule has 0 saturated heterocycles. The lowest BCUT2D eigenvalue weighted by Crippen LogP contribution is -2.54. The molecular weight excluding hydrogens is 557 g/mol. The summed E-state index contributed by atoms with van der Waals surface area (Å²) in [7, 11) is -2.66. The van der Waals surface area contributed by atoms with E-state index in [1.807, 2.05) is 30.3 Å². The maximum absolute atomic E-state index is 14.8. The molecule has 2 amide bonds. The molecule has 40 heavy (non-hydrogen) atoms. The van der Waals surface area contributed by atoms with Crippen LogP contribution in [0.5, 0.6) is 5.75 Å². The Kier molecular flexibility index (Phi) is 10.5. The molecule has 3 aromatic rings. The number of carbonyl (C=O) groups excluding carboxylic acids is 2. The molecule has 3 rings (SSSR count). The second kappa shape index (κ2) is 13.6. The molecule has 0 spiro atoms. The molecule has 0 aromatic heterocycles. The van der Waals surface area contributed by atoms with E-state index in [4.69, 9.17) is 16.3 Å². The molecule has 0 radical (unpaired) electrons. The fourth-order valence-corrected chi connectivity index (χ4v) is 5.21. The van der Waals surface area contributed by atoms with Gasteiger partial charge in [-0.2, -0.15) is 0 Å². The van der Waals surface area contributed by atoms with Crippen LogP contribution >= 0.6 is 11.6 Å². The highest BCUT2D eigenvalue weighted by Crippen LogP contribution is 2.33. The third kappa shape index (κ3) is 8.19. The summed E-state index contributed by atoms with van der Waals surface area (Å²) in [6.07, 6.45) is 1.08. The lowest BCUT2D eigenvalue weighted by molar-refractivity contribution is -0.140. The van der Waals surface area contributed by atoms with E-state index in [-0.39, 0.29) is 41.0 Å². The predicted molar refractivity (Wildman–Crippen MR) is 154 cm³/mol. The van der Waals surface area contributed by atoms with E-state index in [2.05, 4.69) is 5.32 Å². The van der Waals surface area contributed by atoms with Crippen molar-refractivity contribution < 1.29 is 27.1 Å². The molecule has 11 heteroatoms. The van der Waals surface area contributed by atoms with Crippen molar-refractivity contribution in [2.24, 2.45) is 0 Å². The van der Waals surface area contributed by atoms with Crippen LogP contribution < -0.4 is 14.4 Å². The second-order valence-corrected chi connectivity index (χ2v) is 11.9. The SMILES string of the molecule is COc1ccc(Cl)cc1N(CC(=O)N(Cc1ccccc1F)[C@@H](Cc1ccccc1)C(=O)NC(C)C)S(C)(=O)=O. The summed E-state index contributed by atoms with van der Waals surface area (Å²) in [5.74, 6) is -1.54. The van der Waals surface area contributed by atoms with Crippen molar-refractivity contribution in [3.8, 4) is 5.75 Å². The van der Waals surface area contributed by atoms with Crippen LogP contribution in [0.3, 0.4) is 0 Å². The Hall–Kier alpha value is -3.63. The Morgan fingerprint density at radius 2 is 1.68 bits per heavy atom. The van der Waals surface area contributed by atoms with Crippen molar-refractivity contribution in [2.75, 3.05) is 24.2 Å². The number of ether oxygens (including phenoxy) is 1. The van der Waals surface area contributed by atoms with Gasteiger partial charge in [0.15, 0.2) is 0 Å². The molecule has 0 aliphatic heterocycles. The number of benzene rings is 3. The number of rotatable bonds is 12. The molecule has 0 fully saturated rings. The molecular formula is C29H33ClFN3O5S. The quantitative estimate of drug-likeness (QED) is 0.337. The first kappa shape index (κ1) is 30.9. The summed E-state index contributed by atoms with van der Waals surface area (Å²) >= 11 is 6.16. The first-order valence-corrected chi connectivity index (χ1v) is 14.8. The number of hydrogen-bond donors (Lipinski definition) is 1. The van der Waals surface area contributed by atoms with Crippen LogP contribution in [0.4, 0.5) is 10.1 Å². The van der Waals surface area contributed by atoms with Crippen LogP contribution in [0.15, 0.2) is 72.8 Å². The highest BCUT2D eigenvalue weighted by atomic mass is 35.5. The highest BCUT2D eigenvalue weighted by Gasteiger charge is 2.34. The van der Waals surface area contributed by atoms with Crippen LogP contribution in [-0.4, -0.2) is 57.1 Å². The monoisotopic (exact) mass is 589 g/mol. The molecule has 3 aromatic carbocycles. The van der Waals surface area contributed by atoms with Gasteiger partial charge < -0.3 is 15.0 Å². The van der Waals surface area contributed by atoms with E-state index in [1.54, 1.807) is 19.9 Å². The molecule has 0 unspecified atom stereocenters. The van der Waals surface area contributed by atoms with Crippen molar-refractivity contribution >= 4 is 39.1 Å². The number of nitrogens with one attached hydrogen (secondary N) is 1. The van der Waals surface area contributed by atoms with E-state index in [0.29, 0.717) is 0 Å². The normalized spacial score (nSPS) is 12.1. The Labute approximate surface area is 239 Å². The minimum atomic E-state index is -4.03. The van der Waals surface area contributed by atoms with Crippen LogP contribution in [0.25, 0.3) is 0 Å². The van der Waals surface area contributed by atoms with Crippen molar-refractivity contribution in [3.63, 3.8) is 0 Å². The number of amides is 2. The third-order valence-corrected chi connectivity index (χ3v) is 7.45. The number of hydrogen-bond acceptors (Lipinski definition) is 5. The maximum atomic E-state index is 14.8. The van der Waals surface area contributed by atoms with Gasteiger partial charge in [0.2, 0.25) is 21.8 Å². The standard InChI is InChI=1S/C29H33ClFN3O5S/c1-20(2)32-29(36)26(16-21-10-6-5-7-11-21)33(18-22-12-8-9-13-24(22)31)28(35)19-34(40(4,37)38)25-17-23(30)14-15-27(25)39-3/h5-15,17,20,26H,16,18-19H2,1-4H3,(H,32,36)/t26-/m0/s1. The molecule has 1 N–H and O–H groups in total. The summed E-state index contributed by atoms with van der Waals surface area (Å²) in [6, 6.07) is 18.1. The van der Waals surface area contributed by atoms with Crippen molar-refractivity contribution in [2.45, 2.75) is 38.9 Å². The molecule has 0 aliphatic carbocycles. The van der Waals surface area contributed by atoms with Crippen molar-refractivity contribution in [1.82, 2.24) is 10.2 Å². The fourth-order valence-electron chi connectivity index (χ4n) is 4.20. The Bertz CT molecular complexity index is 1440.